The van der Waals surface area contributed by atoms with Crippen LogP contribution in [0.15, 0.2) is 15.9 Å². The summed E-state index contributed by atoms with van der Waals surface area (Å²) in [5.41, 5.74) is 0. The molecular weight excluding hydrogens is 310 g/mol. The maximum absolute atomic E-state index is 11.9. The van der Waals surface area contributed by atoms with Crippen molar-refractivity contribution in [3.63, 3.8) is 0 Å². The first-order valence-electron chi connectivity index (χ1n) is 5.35. The van der Waals surface area contributed by atoms with E-state index in [9.17, 15) is 4.79 Å². The molecule has 0 radical (unpaired) electrons. The van der Waals surface area contributed by atoms with E-state index in [2.05, 4.69) is 21.2 Å². The Hall–Kier alpha value is -0.0600. The maximum Gasteiger partial charge on any atom is 0.261 e. The standard InChI is InChI=1S/C11H13BrClNOS/c12-10-6-5-9(16-10)11(15)14-8-3-1-7(13)2-4-8/h5-8H,1-4H2,(H,14,15). The van der Waals surface area contributed by atoms with E-state index in [1.54, 1.807) is 0 Å². The van der Waals surface area contributed by atoms with Crippen molar-refractivity contribution in [2.45, 2.75) is 37.1 Å². The van der Waals surface area contributed by atoms with E-state index in [1.807, 2.05) is 12.1 Å². The van der Waals surface area contributed by atoms with Crippen LogP contribution in [0.25, 0.3) is 0 Å². The van der Waals surface area contributed by atoms with Gasteiger partial charge in [0.2, 0.25) is 0 Å². The second-order valence-corrected chi connectivity index (χ2v) is 7.11. The van der Waals surface area contributed by atoms with Gasteiger partial charge in [-0.05, 0) is 53.7 Å². The minimum Gasteiger partial charge on any atom is -0.349 e. The van der Waals surface area contributed by atoms with Crippen LogP contribution in [0, 0.1) is 0 Å². The van der Waals surface area contributed by atoms with Crippen LogP contribution in [0.2, 0.25) is 0 Å². The van der Waals surface area contributed by atoms with Gasteiger partial charge in [0.1, 0.15) is 0 Å². The minimum atomic E-state index is 0.0359. The Morgan fingerprint density at radius 1 is 1.38 bits per heavy atom. The molecule has 0 unspecified atom stereocenters. The Balaban J connectivity index is 1.88. The quantitative estimate of drug-likeness (QED) is 0.825. The number of hydrogen-bond acceptors (Lipinski definition) is 2. The topological polar surface area (TPSA) is 29.1 Å². The second-order valence-electron chi connectivity index (χ2n) is 4.03. The molecule has 1 aromatic rings. The average molecular weight is 323 g/mol. The van der Waals surface area contributed by atoms with Crippen LogP contribution < -0.4 is 5.32 Å². The first-order valence-corrected chi connectivity index (χ1v) is 7.40. The van der Waals surface area contributed by atoms with Gasteiger partial charge in [-0.15, -0.1) is 22.9 Å². The monoisotopic (exact) mass is 321 g/mol. The molecule has 2 rings (SSSR count). The highest BCUT2D eigenvalue weighted by Crippen LogP contribution is 2.25. The Bertz CT molecular complexity index is 374. The van der Waals surface area contributed by atoms with Crippen molar-refractivity contribution in [2.75, 3.05) is 0 Å². The molecule has 1 N–H and O–H groups in total. The van der Waals surface area contributed by atoms with Gasteiger partial charge in [0.05, 0.1) is 8.66 Å². The van der Waals surface area contributed by atoms with Gasteiger partial charge in [-0.2, -0.15) is 0 Å². The Morgan fingerprint density at radius 2 is 2.06 bits per heavy atom. The van der Waals surface area contributed by atoms with E-state index in [1.165, 1.54) is 11.3 Å². The van der Waals surface area contributed by atoms with E-state index in [0.29, 0.717) is 11.4 Å². The molecule has 0 spiro atoms. The van der Waals surface area contributed by atoms with Crippen molar-refractivity contribution in [2.24, 2.45) is 0 Å². The smallest absolute Gasteiger partial charge is 0.261 e. The number of rotatable bonds is 2. The molecule has 5 heteroatoms. The highest BCUT2D eigenvalue weighted by Gasteiger charge is 2.21. The largest absolute Gasteiger partial charge is 0.349 e. The summed E-state index contributed by atoms with van der Waals surface area (Å²) in [7, 11) is 0. The predicted octanol–water partition coefficient (Wildman–Crippen LogP) is 3.79. The zero-order valence-corrected chi connectivity index (χ0v) is 11.9. The summed E-state index contributed by atoms with van der Waals surface area (Å²) in [4.78, 5) is 12.6. The first kappa shape index (κ1) is 12.4. The van der Waals surface area contributed by atoms with E-state index >= 15 is 0 Å². The van der Waals surface area contributed by atoms with E-state index < -0.39 is 0 Å². The fourth-order valence-electron chi connectivity index (χ4n) is 1.89. The van der Waals surface area contributed by atoms with Gasteiger partial charge in [0.15, 0.2) is 0 Å². The molecule has 16 heavy (non-hydrogen) atoms. The molecule has 88 valence electrons. The van der Waals surface area contributed by atoms with Gasteiger partial charge in [0, 0.05) is 11.4 Å². The van der Waals surface area contributed by atoms with Crippen molar-refractivity contribution in [3.05, 3.63) is 20.8 Å². The molecule has 0 bridgehead atoms. The summed E-state index contributed by atoms with van der Waals surface area (Å²) in [5.74, 6) is 0.0359. The average Bonchev–Trinajstić information content (AvgIpc) is 2.68. The number of nitrogens with one attached hydrogen (secondary N) is 1. The van der Waals surface area contributed by atoms with Gasteiger partial charge in [-0.25, -0.2) is 0 Å². The van der Waals surface area contributed by atoms with E-state index in [0.717, 1.165) is 34.3 Å². The summed E-state index contributed by atoms with van der Waals surface area (Å²) in [5, 5.41) is 3.36. The van der Waals surface area contributed by atoms with Crippen molar-refractivity contribution in [1.82, 2.24) is 5.32 Å². The number of halogens is 2. The van der Waals surface area contributed by atoms with Crippen LogP contribution in [-0.4, -0.2) is 17.3 Å². The third-order valence-electron chi connectivity index (χ3n) is 2.79. The zero-order chi connectivity index (χ0) is 11.5. The Kier molecular flexibility index (Phi) is 4.27. The lowest BCUT2D eigenvalue weighted by Gasteiger charge is -2.25. The summed E-state index contributed by atoms with van der Waals surface area (Å²) in [6, 6.07) is 4.04. The van der Waals surface area contributed by atoms with Gasteiger partial charge >= 0.3 is 0 Å². The molecule has 1 aromatic heterocycles. The van der Waals surface area contributed by atoms with E-state index in [-0.39, 0.29) is 5.91 Å². The highest BCUT2D eigenvalue weighted by atomic mass is 79.9. The van der Waals surface area contributed by atoms with Crippen LogP contribution in [-0.2, 0) is 0 Å². The van der Waals surface area contributed by atoms with Crippen LogP contribution in [0.5, 0.6) is 0 Å². The molecule has 0 aliphatic heterocycles. The number of carbonyl (C=O) groups excluding carboxylic acids is 1. The van der Waals surface area contributed by atoms with Crippen molar-refractivity contribution in [3.8, 4) is 0 Å². The Labute approximate surface area is 113 Å². The fourth-order valence-corrected chi connectivity index (χ4v) is 3.43. The molecular formula is C11H13BrClNOS. The van der Waals surface area contributed by atoms with E-state index in [4.69, 9.17) is 11.6 Å². The third-order valence-corrected chi connectivity index (χ3v) is 4.85. The Morgan fingerprint density at radius 3 is 2.62 bits per heavy atom. The molecule has 1 amide bonds. The van der Waals surface area contributed by atoms with Crippen molar-refractivity contribution in [1.29, 1.82) is 0 Å². The molecule has 0 saturated heterocycles. The molecule has 1 heterocycles. The minimum absolute atomic E-state index is 0.0359. The predicted molar refractivity (Wildman–Crippen MR) is 71.4 cm³/mol. The van der Waals surface area contributed by atoms with Gasteiger partial charge in [-0.3, -0.25) is 4.79 Å². The molecule has 1 fully saturated rings. The van der Waals surface area contributed by atoms with Crippen LogP contribution in [0.4, 0.5) is 0 Å². The van der Waals surface area contributed by atoms with Gasteiger partial charge in [-0.1, -0.05) is 0 Å². The van der Waals surface area contributed by atoms with Crippen molar-refractivity contribution >= 4 is 44.8 Å². The lowest BCUT2D eigenvalue weighted by molar-refractivity contribution is 0.0932. The number of carbonyl (C=O) groups is 1. The molecule has 1 aliphatic carbocycles. The molecule has 2 nitrogen and oxygen atoms in total. The summed E-state index contributed by atoms with van der Waals surface area (Å²) in [6.07, 6.45) is 3.99. The van der Waals surface area contributed by atoms with Crippen LogP contribution in [0.1, 0.15) is 35.4 Å². The van der Waals surface area contributed by atoms with Crippen LogP contribution in [0.3, 0.4) is 0 Å². The third kappa shape index (κ3) is 3.22. The molecule has 0 aromatic carbocycles. The lowest BCUT2D eigenvalue weighted by Crippen LogP contribution is -2.37. The summed E-state index contributed by atoms with van der Waals surface area (Å²) in [6.45, 7) is 0. The van der Waals surface area contributed by atoms with Gasteiger partial charge < -0.3 is 5.32 Å². The molecule has 1 aliphatic rings. The lowest BCUT2D eigenvalue weighted by atomic mass is 9.95. The molecule has 0 atom stereocenters. The van der Waals surface area contributed by atoms with Crippen molar-refractivity contribution < 1.29 is 4.79 Å². The summed E-state index contributed by atoms with van der Waals surface area (Å²) >= 11 is 10.8. The maximum atomic E-state index is 11.9. The molecule has 1 saturated carbocycles. The van der Waals surface area contributed by atoms with Crippen LogP contribution >= 0.6 is 38.9 Å². The summed E-state index contributed by atoms with van der Waals surface area (Å²) < 4.78 is 0.988. The SMILES string of the molecule is O=C(NC1CCC(Cl)CC1)c1ccc(Br)s1. The number of alkyl halides is 1. The first-order chi connectivity index (χ1) is 7.65. The van der Waals surface area contributed by atoms with Gasteiger partial charge in [0.25, 0.3) is 5.91 Å². The number of amides is 1. The highest BCUT2D eigenvalue weighted by molar-refractivity contribution is 9.11. The normalized spacial score (nSPS) is 25.4. The second kappa shape index (κ2) is 5.52. The number of thiophene rings is 1. The number of hydrogen-bond donors (Lipinski definition) is 1. The fraction of sp³-hybridized carbons (Fsp3) is 0.545. The zero-order valence-electron chi connectivity index (χ0n) is 8.71.